The number of thiophene rings is 1. The Morgan fingerprint density at radius 3 is 2.92 bits per heavy atom. The van der Waals surface area contributed by atoms with Gasteiger partial charge in [0, 0.05) is 4.88 Å². The molecular formula is C19H21NO4S2. The number of carboxylic acids is 1. The number of amides is 1. The molecule has 1 aliphatic rings. The van der Waals surface area contributed by atoms with E-state index in [-0.39, 0.29) is 17.6 Å². The van der Waals surface area contributed by atoms with E-state index in [0.717, 1.165) is 17.7 Å². The lowest BCUT2D eigenvalue weighted by molar-refractivity contribution is -0.139. The molecule has 0 aliphatic carbocycles. The second-order valence-electron chi connectivity index (χ2n) is 6.42. The van der Waals surface area contributed by atoms with Crippen molar-refractivity contribution in [3.63, 3.8) is 0 Å². The topological polar surface area (TPSA) is 75.6 Å². The molecule has 3 rings (SSSR count). The average Bonchev–Trinajstić information content (AvgIpc) is 3.09. The lowest BCUT2D eigenvalue weighted by Gasteiger charge is -2.33. The molecule has 2 heterocycles. The molecule has 2 N–H and O–H groups in total. The minimum atomic E-state index is -1.02. The van der Waals surface area contributed by atoms with Crippen molar-refractivity contribution in [2.75, 3.05) is 12.9 Å². The predicted octanol–water partition coefficient (Wildman–Crippen LogP) is 3.59. The first-order valence-corrected chi connectivity index (χ1v) is 10.2. The third-order valence-corrected chi connectivity index (χ3v) is 6.76. The molecule has 0 bridgehead atoms. The maximum Gasteiger partial charge on any atom is 0.306 e. The highest BCUT2D eigenvalue weighted by Crippen LogP contribution is 2.40. The number of ether oxygens (including phenoxy) is 1. The molecule has 2 aromatic rings. The van der Waals surface area contributed by atoms with Gasteiger partial charge in [0.1, 0.15) is 11.0 Å². The SMILES string of the molecule is COc1cccc(C(C)(CC(=O)O)NC(=O)C2SCCc3sccc32)c1. The van der Waals surface area contributed by atoms with Gasteiger partial charge in [-0.1, -0.05) is 12.1 Å². The molecule has 138 valence electrons. The number of aryl methyl sites for hydroxylation is 1. The molecular weight excluding hydrogens is 370 g/mol. The van der Waals surface area contributed by atoms with Crippen LogP contribution in [0.15, 0.2) is 35.7 Å². The highest BCUT2D eigenvalue weighted by atomic mass is 32.2. The number of benzene rings is 1. The Labute approximate surface area is 160 Å². The minimum Gasteiger partial charge on any atom is -0.497 e. The molecule has 0 fully saturated rings. The van der Waals surface area contributed by atoms with Crippen molar-refractivity contribution < 1.29 is 19.4 Å². The van der Waals surface area contributed by atoms with E-state index in [9.17, 15) is 14.7 Å². The number of carbonyl (C=O) groups excluding carboxylic acids is 1. The minimum absolute atomic E-state index is 0.152. The van der Waals surface area contributed by atoms with E-state index < -0.39 is 11.5 Å². The van der Waals surface area contributed by atoms with Crippen LogP contribution in [0.4, 0.5) is 0 Å². The zero-order chi connectivity index (χ0) is 18.7. The normalized spacial score (nSPS) is 18.5. The van der Waals surface area contributed by atoms with Crippen LogP contribution >= 0.6 is 23.1 Å². The highest BCUT2D eigenvalue weighted by Gasteiger charge is 2.36. The van der Waals surface area contributed by atoms with Crippen molar-refractivity contribution in [3.05, 3.63) is 51.7 Å². The monoisotopic (exact) mass is 391 g/mol. The maximum absolute atomic E-state index is 13.0. The first kappa shape index (κ1) is 18.8. The van der Waals surface area contributed by atoms with E-state index in [0.29, 0.717) is 11.3 Å². The number of methoxy groups -OCH3 is 1. The Balaban J connectivity index is 1.89. The summed E-state index contributed by atoms with van der Waals surface area (Å²) in [5.41, 5.74) is 0.733. The van der Waals surface area contributed by atoms with Crippen LogP contribution in [-0.4, -0.2) is 29.8 Å². The summed E-state index contributed by atoms with van der Waals surface area (Å²) < 4.78 is 5.25. The van der Waals surface area contributed by atoms with Crippen LogP contribution in [0, 0.1) is 0 Å². The molecule has 0 radical (unpaired) electrons. The van der Waals surface area contributed by atoms with Crippen LogP contribution in [0.1, 0.15) is 34.6 Å². The summed E-state index contributed by atoms with van der Waals surface area (Å²) in [5.74, 6) is 0.394. The Kier molecular flexibility index (Phi) is 5.58. The van der Waals surface area contributed by atoms with E-state index in [1.807, 2.05) is 17.5 Å². The molecule has 1 aromatic carbocycles. The van der Waals surface area contributed by atoms with Gasteiger partial charge in [0.25, 0.3) is 0 Å². The number of fused-ring (bicyclic) bond motifs is 1. The summed E-state index contributed by atoms with van der Waals surface area (Å²) in [5, 5.41) is 14.1. The smallest absolute Gasteiger partial charge is 0.306 e. The summed E-state index contributed by atoms with van der Waals surface area (Å²) >= 11 is 3.28. The van der Waals surface area contributed by atoms with Gasteiger partial charge in [-0.25, -0.2) is 0 Å². The number of carbonyl (C=O) groups is 2. The predicted molar refractivity (Wildman–Crippen MR) is 104 cm³/mol. The molecule has 0 spiro atoms. The van der Waals surface area contributed by atoms with Gasteiger partial charge in [0.05, 0.1) is 19.1 Å². The summed E-state index contributed by atoms with van der Waals surface area (Å²) in [7, 11) is 1.56. The van der Waals surface area contributed by atoms with Crippen LogP contribution in [0.2, 0.25) is 0 Å². The van der Waals surface area contributed by atoms with Crippen molar-refractivity contribution in [1.29, 1.82) is 0 Å². The fourth-order valence-corrected chi connectivity index (χ4v) is 5.48. The summed E-state index contributed by atoms with van der Waals surface area (Å²) in [6.45, 7) is 1.75. The number of aliphatic carboxylic acids is 1. The van der Waals surface area contributed by atoms with Gasteiger partial charge in [-0.3, -0.25) is 9.59 Å². The van der Waals surface area contributed by atoms with Crippen molar-refractivity contribution >= 4 is 35.0 Å². The Morgan fingerprint density at radius 2 is 2.19 bits per heavy atom. The summed E-state index contributed by atoms with van der Waals surface area (Å²) in [6.07, 6.45) is 0.767. The van der Waals surface area contributed by atoms with Crippen molar-refractivity contribution in [2.24, 2.45) is 0 Å². The zero-order valence-electron chi connectivity index (χ0n) is 14.7. The maximum atomic E-state index is 13.0. The number of rotatable bonds is 6. The Hall–Kier alpha value is -1.99. The molecule has 1 aromatic heterocycles. The van der Waals surface area contributed by atoms with E-state index in [1.165, 1.54) is 4.88 Å². The van der Waals surface area contributed by atoms with Crippen LogP contribution < -0.4 is 10.1 Å². The van der Waals surface area contributed by atoms with Gasteiger partial charge in [-0.2, -0.15) is 0 Å². The third-order valence-electron chi connectivity index (χ3n) is 4.52. The number of hydrogen-bond acceptors (Lipinski definition) is 5. The highest BCUT2D eigenvalue weighted by molar-refractivity contribution is 8.00. The molecule has 7 heteroatoms. The van der Waals surface area contributed by atoms with Crippen LogP contribution in [0.3, 0.4) is 0 Å². The molecule has 5 nitrogen and oxygen atoms in total. The number of carboxylic acid groups (broad SMARTS) is 1. The molecule has 26 heavy (non-hydrogen) atoms. The van der Waals surface area contributed by atoms with Crippen LogP contribution in [0.25, 0.3) is 0 Å². The van der Waals surface area contributed by atoms with Gasteiger partial charge in [0.2, 0.25) is 5.91 Å². The first-order valence-electron chi connectivity index (χ1n) is 8.29. The summed E-state index contributed by atoms with van der Waals surface area (Å²) in [6, 6.07) is 9.17. The lowest BCUT2D eigenvalue weighted by atomic mass is 9.88. The van der Waals surface area contributed by atoms with Crippen LogP contribution in [0.5, 0.6) is 5.75 Å². The second-order valence-corrected chi connectivity index (χ2v) is 8.64. The van der Waals surface area contributed by atoms with Gasteiger partial charge in [0.15, 0.2) is 0 Å². The van der Waals surface area contributed by atoms with Gasteiger partial charge in [-0.05, 0) is 53.8 Å². The fourth-order valence-electron chi connectivity index (χ4n) is 3.19. The first-order chi connectivity index (χ1) is 12.4. The average molecular weight is 392 g/mol. The van der Waals surface area contributed by atoms with Crippen molar-refractivity contribution in [2.45, 2.75) is 30.6 Å². The number of hydrogen-bond donors (Lipinski definition) is 2. The molecule has 2 unspecified atom stereocenters. The molecule has 0 saturated heterocycles. The number of thioether (sulfide) groups is 1. The molecule has 1 aliphatic heterocycles. The summed E-state index contributed by atoms with van der Waals surface area (Å²) in [4.78, 5) is 25.7. The van der Waals surface area contributed by atoms with Crippen LogP contribution in [-0.2, 0) is 21.5 Å². The number of nitrogens with one attached hydrogen (secondary N) is 1. The third kappa shape index (κ3) is 3.88. The Morgan fingerprint density at radius 1 is 1.38 bits per heavy atom. The zero-order valence-corrected chi connectivity index (χ0v) is 16.3. The molecule has 0 saturated carbocycles. The van der Waals surface area contributed by atoms with E-state index in [1.54, 1.807) is 55.3 Å². The van der Waals surface area contributed by atoms with Crippen molar-refractivity contribution in [3.8, 4) is 5.75 Å². The lowest BCUT2D eigenvalue weighted by Crippen LogP contribution is -2.46. The van der Waals surface area contributed by atoms with E-state index >= 15 is 0 Å². The van der Waals surface area contributed by atoms with Gasteiger partial charge < -0.3 is 15.2 Å². The molecule has 2 atom stereocenters. The van der Waals surface area contributed by atoms with E-state index in [2.05, 4.69) is 5.32 Å². The van der Waals surface area contributed by atoms with Gasteiger partial charge >= 0.3 is 5.97 Å². The molecule has 1 amide bonds. The fraction of sp³-hybridized carbons (Fsp3) is 0.368. The standard InChI is InChI=1S/C19H21NO4S2/c1-19(11-16(21)22,12-4-3-5-13(10-12)24-2)20-18(23)17-14-6-8-25-15(14)7-9-26-17/h3-6,8,10,17H,7,9,11H2,1-2H3,(H,20,23)(H,21,22). The quantitative estimate of drug-likeness (QED) is 0.787. The van der Waals surface area contributed by atoms with E-state index in [4.69, 9.17) is 4.74 Å². The Bertz CT molecular complexity index is 819. The van der Waals surface area contributed by atoms with Gasteiger partial charge in [-0.15, -0.1) is 23.1 Å². The van der Waals surface area contributed by atoms with Crippen molar-refractivity contribution in [1.82, 2.24) is 5.32 Å². The largest absolute Gasteiger partial charge is 0.497 e. The second kappa shape index (κ2) is 7.72.